The summed E-state index contributed by atoms with van der Waals surface area (Å²) in [6.45, 7) is 2.04. The van der Waals surface area contributed by atoms with Gasteiger partial charge in [-0.25, -0.2) is 5.43 Å². The Balaban J connectivity index is 1.97. The number of primary amides is 1. The van der Waals surface area contributed by atoms with E-state index in [1.165, 1.54) is 17.6 Å². The number of nitrogens with two attached hydrogens (primary N) is 1. The number of carbonyl (C=O) groups excluding carboxylic acids is 2. The highest BCUT2D eigenvalue weighted by atomic mass is 32.1. The first kappa shape index (κ1) is 18.5. The van der Waals surface area contributed by atoms with Crippen molar-refractivity contribution in [2.24, 2.45) is 10.8 Å². The minimum Gasteiger partial charge on any atom is -0.490 e. The van der Waals surface area contributed by atoms with E-state index in [0.29, 0.717) is 30.1 Å². The molecule has 132 valence electrons. The van der Waals surface area contributed by atoms with E-state index in [-0.39, 0.29) is 12.5 Å². The van der Waals surface area contributed by atoms with E-state index in [9.17, 15) is 9.59 Å². The van der Waals surface area contributed by atoms with Crippen LogP contribution >= 0.6 is 11.3 Å². The maximum absolute atomic E-state index is 11.8. The van der Waals surface area contributed by atoms with E-state index < -0.39 is 5.91 Å². The maximum Gasteiger partial charge on any atom is 0.255 e. The first-order valence-electron chi connectivity index (χ1n) is 7.60. The van der Waals surface area contributed by atoms with Gasteiger partial charge in [0.1, 0.15) is 0 Å². The van der Waals surface area contributed by atoms with Gasteiger partial charge in [-0.05, 0) is 42.1 Å². The fourth-order valence-corrected chi connectivity index (χ4v) is 2.63. The minimum absolute atomic E-state index is 0.190. The summed E-state index contributed by atoms with van der Waals surface area (Å²) >= 11 is 1.52. The van der Waals surface area contributed by atoms with E-state index in [1.54, 1.807) is 18.2 Å². The highest BCUT2D eigenvalue weighted by Crippen LogP contribution is 2.28. The van der Waals surface area contributed by atoms with Crippen molar-refractivity contribution in [3.05, 3.63) is 46.2 Å². The third kappa shape index (κ3) is 6.27. The van der Waals surface area contributed by atoms with E-state index >= 15 is 0 Å². The summed E-state index contributed by atoms with van der Waals surface area (Å²) in [7, 11) is 0. The van der Waals surface area contributed by atoms with Crippen molar-refractivity contribution in [2.45, 2.75) is 13.3 Å². The second-order valence-electron chi connectivity index (χ2n) is 4.94. The molecule has 0 bridgehead atoms. The summed E-state index contributed by atoms with van der Waals surface area (Å²) in [4.78, 5) is 23.6. The Morgan fingerprint density at radius 3 is 2.80 bits per heavy atom. The predicted octanol–water partition coefficient (Wildman–Crippen LogP) is 1.70. The standard InChI is InChI=1S/C17H19N3O4S/c1-2-23-15-8-12(5-6-14(15)24-11-16(18)21)10-19-20-17(22)9-13-4-3-7-25-13/h3-8,10H,2,9,11H2,1H3,(H2,18,21)(H,20,22)/b19-10-. The molecule has 1 aromatic carbocycles. The molecule has 0 atom stereocenters. The Bertz CT molecular complexity index is 744. The lowest BCUT2D eigenvalue weighted by Crippen LogP contribution is -2.20. The van der Waals surface area contributed by atoms with Gasteiger partial charge in [0.15, 0.2) is 18.1 Å². The summed E-state index contributed by atoms with van der Waals surface area (Å²) in [6, 6.07) is 8.88. The van der Waals surface area contributed by atoms with Gasteiger partial charge in [-0.1, -0.05) is 6.07 Å². The van der Waals surface area contributed by atoms with Crippen LogP contribution in [0.1, 0.15) is 17.4 Å². The summed E-state index contributed by atoms with van der Waals surface area (Å²) < 4.78 is 10.8. The molecule has 0 aliphatic rings. The monoisotopic (exact) mass is 361 g/mol. The van der Waals surface area contributed by atoms with E-state index in [2.05, 4.69) is 10.5 Å². The second-order valence-corrected chi connectivity index (χ2v) is 5.98. The number of hydrazone groups is 1. The molecule has 2 rings (SSSR count). The van der Waals surface area contributed by atoms with Crippen molar-refractivity contribution in [1.29, 1.82) is 0 Å². The topological polar surface area (TPSA) is 103 Å². The number of hydrogen-bond donors (Lipinski definition) is 2. The number of ether oxygens (including phenoxy) is 2. The lowest BCUT2D eigenvalue weighted by Gasteiger charge is -2.11. The van der Waals surface area contributed by atoms with E-state index in [0.717, 1.165) is 4.88 Å². The molecule has 0 unspecified atom stereocenters. The molecule has 8 heteroatoms. The molecule has 3 N–H and O–H groups in total. The minimum atomic E-state index is -0.568. The van der Waals surface area contributed by atoms with Crippen molar-refractivity contribution in [2.75, 3.05) is 13.2 Å². The van der Waals surface area contributed by atoms with Crippen molar-refractivity contribution >= 4 is 29.4 Å². The molecule has 0 fully saturated rings. The lowest BCUT2D eigenvalue weighted by atomic mass is 10.2. The molecule has 0 aliphatic heterocycles. The largest absolute Gasteiger partial charge is 0.490 e. The number of carbonyl (C=O) groups is 2. The molecular formula is C17H19N3O4S. The average molecular weight is 361 g/mol. The van der Waals surface area contributed by atoms with E-state index in [4.69, 9.17) is 15.2 Å². The van der Waals surface area contributed by atoms with Gasteiger partial charge in [-0.3, -0.25) is 9.59 Å². The SMILES string of the molecule is CCOc1cc(/C=N\NC(=O)Cc2cccs2)ccc1OCC(N)=O. The van der Waals surface area contributed by atoms with Crippen LogP contribution in [0.3, 0.4) is 0 Å². The summed E-state index contributed by atoms with van der Waals surface area (Å²) in [5.41, 5.74) is 8.26. The highest BCUT2D eigenvalue weighted by Gasteiger charge is 2.07. The molecule has 0 saturated heterocycles. The number of nitrogens with one attached hydrogen (secondary N) is 1. The molecule has 1 aromatic heterocycles. The van der Waals surface area contributed by atoms with Gasteiger partial charge in [0.2, 0.25) is 5.91 Å². The third-order valence-electron chi connectivity index (χ3n) is 2.96. The smallest absolute Gasteiger partial charge is 0.255 e. The van der Waals surface area contributed by atoms with Crippen LogP contribution in [-0.4, -0.2) is 31.2 Å². The summed E-state index contributed by atoms with van der Waals surface area (Å²) in [6.07, 6.45) is 1.80. The zero-order valence-electron chi connectivity index (χ0n) is 13.7. The molecule has 0 aliphatic carbocycles. The molecular weight excluding hydrogens is 342 g/mol. The normalized spacial score (nSPS) is 10.6. The van der Waals surface area contributed by atoms with Crippen LogP contribution in [-0.2, 0) is 16.0 Å². The van der Waals surface area contributed by atoms with Crippen LogP contribution in [0.2, 0.25) is 0 Å². The first-order valence-corrected chi connectivity index (χ1v) is 8.48. The quantitative estimate of drug-likeness (QED) is 0.524. The molecule has 25 heavy (non-hydrogen) atoms. The van der Waals surface area contributed by atoms with Crippen molar-refractivity contribution in [3.63, 3.8) is 0 Å². The van der Waals surface area contributed by atoms with Crippen LogP contribution in [0.15, 0.2) is 40.8 Å². The number of thiophene rings is 1. The van der Waals surface area contributed by atoms with Crippen molar-refractivity contribution in [1.82, 2.24) is 5.43 Å². The first-order chi connectivity index (χ1) is 12.1. The molecule has 0 saturated carbocycles. The number of nitrogens with zero attached hydrogens (tertiary/aromatic N) is 1. The van der Waals surface area contributed by atoms with Gasteiger partial charge >= 0.3 is 0 Å². The van der Waals surface area contributed by atoms with Crippen LogP contribution in [0.4, 0.5) is 0 Å². The highest BCUT2D eigenvalue weighted by molar-refractivity contribution is 7.10. The van der Waals surface area contributed by atoms with Crippen LogP contribution < -0.4 is 20.6 Å². The molecule has 0 radical (unpaired) electrons. The van der Waals surface area contributed by atoms with Crippen LogP contribution in [0.5, 0.6) is 11.5 Å². The average Bonchev–Trinajstić information content (AvgIpc) is 3.07. The lowest BCUT2D eigenvalue weighted by molar-refractivity contribution is -0.121. The molecule has 2 aromatic rings. The van der Waals surface area contributed by atoms with Gasteiger partial charge in [-0.15, -0.1) is 11.3 Å². The maximum atomic E-state index is 11.8. The Kier molecular flexibility index (Phi) is 6.97. The number of hydrogen-bond acceptors (Lipinski definition) is 6. The third-order valence-corrected chi connectivity index (χ3v) is 3.83. The van der Waals surface area contributed by atoms with Gasteiger partial charge in [-0.2, -0.15) is 5.10 Å². The Hall–Kier alpha value is -2.87. The molecule has 1 heterocycles. The predicted molar refractivity (Wildman–Crippen MR) is 96.1 cm³/mol. The number of benzene rings is 1. The Morgan fingerprint density at radius 2 is 2.12 bits per heavy atom. The van der Waals surface area contributed by atoms with E-state index in [1.807, 2.05) is 24.4 Å². The number of amides is 2. The Morgan fingerprint density at radius 1 is 1.28 bits per heavy atom. The van der Waals surface area contributed by atoms with Crippen LogP contribution in [0, 0.1) is 0 Å². The van der Waals surface area contributed by atoms with Gasteiger partial charge in [0.05, 0.1) is 19.2 Å². The molecule has 7 nitrogen and oxygen atoms in total. The van der Waals surface area contributed by atoms with Gasteiger partial charge in [0, 0.05) is 4.88 Å². The second kappa shape index (κ2) is 9.43. The molecule has 2 amide bonds. The van der Waals surface area contributed by atoms with Crippen molar-refractivity contribution in [3.8, 4) is 11.5 Å². The summed E-state index contributed by atoms with van der Waals surface area (Å²) in [5.74, 6) is 0.129. The number of rotatable bonds is 9. The zero-order chi connectivity index (χ0) is 18.1. The van der Waals surface area contributed by atoms with Gasteiger partial charge < -0.3 is 15.2 Å². The van der Waals surface area contributed by atoms with Gasteiger partial charge in [0.25, 0.3) is 5.91 Å². The fourth-order valence-electron chi connectivity index (χ4n) is 1.93. The van der Waals surface area contributed by atoms with Crippen molar-refractivity contribution < 1.29 is 19.1 Å². The molecule has 0 spiro atoms. The zero-order valence-corrected chi connectivity index (χ0v) is 14.5. The summed E-state index contributed by atoms with van der Waals surface area (Å²) in [5, 5.41) is 5.86. The van der Waals surface area contributed by atoms with Crippen LogP contribution in [0.25, 0.3) is 0 Å². The Labute approximate surface area is 149 Å². The fraction of sp³-hybridized carbons (Fsp3) is 0.235.